The van der Waals surface area contributed by atoms with Crippen LogP contribution in [0.2, 0.25) is 0 Å². The monoisotopic (exact) mass is 455 g/mol. The lowest BCUT2D eigenvalue weighted by atomic mass is 9.86. The number of carboxylic acids is 1. The summed E-state index contributed by atoms with van der Waals surface area (Å²) in [7, 11) is 1.52. The first kappa shape index (κ1) is 22.2. The van der Waals surface area contributed by atoms with Crippen LogP contribution in [0.15, 0.2) is 66.7 Å². The zero-order valence-electron chi connectivity index (χ0n) is 19.4. The number of likely N-dealkylation sites (N-methyl/N-ethyl adjacent to an activating group) is 1. The second-order valence-corrected chi connectivity index (χ2v) is 9.23. The van der Waals surface area contributed by atoms with E-state index >= 15 is 0 Å². The lowest BCUT2D eigenvalue weighted by Gasteiger charge is -2.27. The Hall–Kier alpha value is -3.60. The maximum Gasteiger partial charge on any atom is 0.410 e. The van der Waals surface area contributed by atoms with E-state index in [9.17, 15) is 14.7 Å². The van der Waals surface area contributed by atoms with Crippen molar-refractivity contribution in [3.63, 3.8) is 0 Å². The van der Waals surface area contributed by atoms with Gasteiger partial charge >= 0.3 is 12.1 Å². The lowest BCUT2D eigenvalue weighted by Crippen LogP contribution is -2.44. The maximum absolute atomic E-state index is 13.0. The molecule has 34 heavy (non-hydrogen) atoms. The summed E-state index contributed by atoms with van der Waals surface area (Å²) in [5, 5.41) is 9.95. The van der Waals surface area contributed by atoms with Gasteiger partial charge in [0.2, 0.25) is 0 Å². The molecule has 5 nitrogen and oxygen atoms in total. The van der Waals surface area contributed by atoms with E-state index in [-0.39, 0.29) is 18.9 Å². The molecule has 0 bridgehead atoms. The highest BCUT2D eigenvalue weighted by molar-refractivity contribution is 5.81. The first-order valence-electron chi connectivity index (χ1n) is 11.9. The molecule has 0 spiro atoms. The molecular weight excluding hydrogens is 426 g/mol. The Morgan fingerprint density at radius 3 is 2.26 bits per heavy atom. The van der Waals surface area contributed by atoms with Gasteiger partial charge in [-0.25, -0.2) is 9.59 Å². The number of carbonyl (C=O) groups is 2. The molecule has 3 aromatic carbocycles. The summed E-state index contributed by atoms with van der Waals surface area (Å²) in [5.41, 5.74) is 8.14. The Morgan fingerprint density at radius 1 is 0.941 bits per heavy atom. The lowest BCUT2D eigenvalue weighted by molar-refractivity contribution is -0.142. The van der Waals surface area contributed by atoms with Crippen LogP contribution in [-0.2, 0) is 28.8 Å². The van der Waals surface area contributed by atoms with Crippen molar-refractivity contribution in [3.05, 3.63) is 94.5 Å². The van der Waals surface area contributed by atoms with Crippen molar-refractivity contribution < 1.29 is 19.4 Å². The van der Waals surface area contributed by atoms with E-state index in [1.807, 2.05) is 36.4 Å². The van der Waals surface area contributed by atoms with Crippen LogP contribution in [0.3, 0.4) is 0 Å². The highest BCUT2D eigenvalue weighted by atomic mass is 16.6. The smallest absolute Gasteiger partial charge is 0.410 e. The second kappa shape index (κ2) is 9.34. The Kier molecular flexibility index (Phi) is 6.10. The molecule has 2 aliphatic rings. The molecule has 2 aliphatic carbocycles. The third-order valence-electron chi connectivity index (χ3n) is 7.28. The Balaban J connectivity index is 1.31. The number of carboxylic acid groups (broad SMARTS) is 1. The van der Waals surface area contributed by atoms with E-state index in [4.69, 9.17) is 4.74 Å². The fraction of sp³-hybridized carbons (Fsp3) is 0.310. The summed E-state index contributed by atoms with van der Waals surface area (Å²) in [4.78, 5) is 26.4. The van der Waals surface area contributed by atoms with E-state index in [0.29, 0.717) is 0 Å². The second-order valence-electron chi connectivity index (χ2n) is 9.23. The van der Waals surface area contributed by atoms with Crippen molar-refractivity contribution in [1.29, 1.82) is 0 Å². The van der Waals surface area contributed by atoms with Gasteiger partial charge in [0, 0.05) is 19.4 Å². The predicted octanol–water partition coefficient (Wildman–Crippen LogP) is 5.44. The van der Waals surface area contributed by atoms with Crippen LogP contribution >= 0.6 is 0 Å². The van der Waals surface area contributed by atoms with Crippen LogP contribution in [0.5, 0.6) is 0 Å². The van der Waals surface area contributed by atoms with E-state index in [1.54, 1.807) is 0 Å². The number of amides is 1. The zero-order valence-corrected chi connectivity index (χ0v) is 19.4. The highest BCUT2D eigenvalue weighted by Crippen LogP contribution is 2.44. The molecule has 0 unspecified atom stereocenters. The summed E-state index contributed by atoms with van der Waals surface area (Å²) >= 11 is 0. The van der Waals surface area contributed by atoms with E-state index < -0.39 is 18.1 Å². The number of benzene rings is 3. The average molecular weight is 456 g/mol. The van der Waals surface area contributed by atoms with Crippen molar-refractivity contribution in [2.75, 3.05) is 13.7 Å². The summed E-state index contributed by atoms with van der Waals surface area (Å²) in [6.07, 6.45) is 3.94. The molecular formula is C29H29NO4. The van der Waals surface area contributed by atoms with Gasteiger partial charge in [-0.15, -0.1) is 0 Å². The quantitative estimate of drug-likeness (QED) is 0.537. The van der Waals surface area contributed by atoms with Crippen LogP contribution in [0.4, 0.5) is 4.79 Å². The SMILES string of the molecule is CN(C(=O)OCC1c2ccccc2-c2ccccc21)[C@@H](Cc1cccc2c1CCCC2)C(=O)O. The minimum Gasteiger partial charge on any atom is -0.480 e. The van der Waals surface area contributed by atoms with Gasteiger partial charge in [-0.3, -0.25) is 4.90 Å². The van der Waals surface area contributed by atoms with Crippen LogP contribution in [-0.4, -0.2) is 41.8 Å². The summed E-state index contributed by atoms with van der Waals surface area (Å²) in [5.74, 6) is -1.08. The van der Waals surface area contributed by atoms with Gasteiger partial charge in [-0.05, 0) is 64.6 Å². The molecule has 1 N–H and O–H groups in total. The molecule has 0 radical (unpaired) electrons. The van der Waals surface area contributed by atoms with Crippen LogP contribution < -0.4 is 0 Å². The van der Waals surface area contributed by atoms with Crippen LogP contribution in [0.1, 0.15) is 46.6 Å². The molecule has 3 aromatic rings. The molecule has 0 saturated carbocycles. The minimum atomic E-state index is -1.02. The fourth-order valence-corrected chi connectivity index (χ4v) is 5.47. The van der Waals surface area contributed by atoms with Gasteiger partial charge in [0.05, 0.1) is 0 Å². The zero-order chi connectivity index (χ0) is 23.7. The highest BCUT2D eigenvalue weighted by Gasteiger charge is 2.32. The summed E-state index contributed by atoms with van der Waals surface area (Å²) < 4.78 is 5.71. The molecule has 5 rings (SSSR count). The number of aryl methyl sites for hydroxylation is 1. The van der Waals surface area contributed by atoms with Gasteiger partial charge < -0.3 is 9.84 Å². The number of ether oxygens (including phenoxy) is 1. The van der Waals surface area contributed by atoms with Crippen molar-refractivity contribution in [2.24, 2.45) is 0 Å². The standard InChI is InChI=1S/C29H29NO4/c1-30(27(28(31)32)17-20-11-8-10-19-9-2-3-12-21(19)20)29(33)34-18-26-24-15-6-4-13-22(24)23-14-5-7-16-25(23)26/h4-8,10-11,13-16,26-27H,2-3,9,12,17-18H2,1H3,(H,31,32)/t27-/m0/s1. The molecule has 0 fully saturated rings. The number of hydrogen-bond donors (Lipinski definition) is 1. The van der Waals surface area contributed by atoms with E-state index in [0.717, 1.165) is 47.1 Å². The third-order valence-corrected chi connectivity index (χ3v) is 7.28. The summed E-state index contributed by atoms with van der Waals surface area (Å²) in [6, 6.07) is 21.4. The third kappa shape index (κ3) is 4.07. The number of carbonyl (C=O) groups excluding carboxylic acids is 1. The normalized spacial score (nSPS) is 15.1. The first-order valence-corrected chi connectivity index (χ1v) is 11.9. The Labute approximate surface area is 200 Å². The van der Waals surface area contributed by atoms with Crippen LogP contribution in [0.25, 0.3) is 11.1 Å². The minimum absolute atomic E-state index is 0.0610. The molecule has 1 atom stereocenters. The van der Waals surface area contributed by atoms with E-state index in [1.165, 1.54) is 29.5 Å². The van der Waals surface area contributed by atoms with Crippen molar-refractivity contribution in [2.45, 2.75) is 44.1 Å². The summed E-state index contributed by atoms with van der Waals surface area (Å²) in [6.45, 7) is 0.171. The van der Waals surface area contributed by atoms with Gasteiger partial charge in [0.15, 0.2) is 0 Å². The first-order chi connectivity index (χ1) is 16.5. The topological polar surface area (TPSA) is 66.8 Å². The molecule has 5 heteroatoms. The average Bonchev–Trinajstić information content (AvgIpc) is 3.19. The Morgan fingerprint density at radius 2 is 1.59 bits per heavy atom. The molecule has 1 amide bonds. The van der Waals surface area contributed by atoms with Gasteiger partial charge in [0.1, 0.15) is 12.6 Å². The largest absolute Gasteiger partial charge is 0.480 e. The Bertz CT molecular complexity index is 1190. The number of aliphatic carboxylic acids is 1. The van der Waals surface area contributed by atoms with Crippen molar-refractivity contribution >= 4 is 12.1 Å². The fourth-order valence-electron chi connectivity index (χ4n) is 5.47. The molecule has 0 aliphatic heterocycles. The van der Waals surface area contributed by atoms with Crippen molar-refractivity contribution in [1.82, 2.24) is 4.90 Å². The number of hydrogen-bond acceptors (Lipinski definition) is 3. The van der Waals surface area contributed by atoms with E-state index in [2.05, 4.69) is 30.3 Å². The molecule has 0 saturated heterocycles. The number of rotatable bonds is 6. The van der Waals surface area contributed by atoms with Gasteiger partial charge in [0.25, 0.3) is 0 Å². The van der Waals surface area contributed by atoms with Gasteiger partial charge in [-0.1, -0.05) is 66.7 Å². The van der Waals surface area contributed by atoms with Gasteiger partial charge in [-0.2, -0.15) is 0 Å². The molecule has 174 valence electrons. The predicted molar refractivity (Wildman–Crippen MR) is 131 cm³/mol. The molecule has 0 heterocycles. The molecule has 0 aromatic heterocycles. The van der Waals surface area contributed by atoms with Crippen LogP contribution in [0, 0.1) is 0 Å². The number of fused-ring (bicyclic) bond motifs is 4. The van der Waals surface area contributed by atoms with Crippen molar-refractivity contribution in [3.8, 4) is 11.1 Å². The maximum atomic E-state index is 13.0. The number of nitrogens with zero attached hydrogens (tertiary/aromatic N) is 1.